The van der Waals surface area contributed by atoms with Gasteiger partial charge in [-0.3, -0.25) is 0 Å². The van der Waals surface area contributed by atoms with Crippen molar-refractivity contribution in [1.29, 1.82) is 0 Å². The molecule has 0 aromatic heterocycles. The standard InChI is InChI=1S/C23H24ClNO5S/c1-3-4-8-15-29-23(26)20-16(2)30-22(17-9-6-5-7-10-17)21(20)25-31(27,28)19-13-11-18(24)12-14-19/h5-7,9-14,22H,3-4,8,15H2,1-2H3/b25-21-. The average Bonchev–Trinajstić information content (AvgIpc) is 3.07. The zero-order valence-electron chi connectivity index (χ0n) is 17.4. The van der Waals surface area contributed by atoms with Gasteiger partial charge in [0.05, 0.1) is 11.5 Å². The van der Waals surface area contributed by atoms with Crippen LogP contribution in [0.2, 0.25) is 5.02 Å². The SMILES string of the molecule is CCCCCOC(=O)C1=C(C)OC(c2ccccc2)/C1=N\S(=O)(=O)c1ccc(Cl)cc1. The fourth-order valence-corrected chi connectivity index (χ4v) is 4.33. The van der Waals surface area contributed by atoms with Crippen LogP contribution >= 0.6 is 11.6 Å². The molecule has 2 aromatic rings. The van der Waals surface area contributed by atoms with Gasteiger partial charge >= 0.3 is 5.97 Å². The van der Waals surface area contributed by atoms with E-state index in [9.17, 15) is 13.2 Å². The molecule has 6 nitrogen and oxygen atoms in total. The molecule has 0 fully saturated rings. The quantitative estimate of drug-likeness (QED) is 0.396. The van der Waals surface area contributed by atoms with E-state index in [4.69, 9.17) is 21.1 Å². The molecule has 31 heavy (non-hydrogen) atoms. The van der Waals surface area contributed by atoms with Crippen LogP contribution in [0.4, 0.5) is 0 Å². The van der Waals surface area contributed by atoms with Crippen LogP contribution in [0.5, 0.6) is 0 Å². The van der Waals surface area contributed by atoms with E-state index in [0.29, 0.717) is 10.6 Å². The fraction of sp³-hybridized carbons (Fsp3) is 0.304. The highest BCUT2D eigenvalue weighted by Gasteiger charge is 2.38. The summed E-state index contributed by atoms with van der Waals surface area (Å²) in [6, 6.07) is 14.7. The Bertz CT molecular complexity index is 1090. The minimum absolute atomic E-state index is 0.0131. The number of hydrogen-bond donors (Lipinski definition) is 0. The van der Waals surface area contributed by atoms with Crippen molar-refractivity contribution in [3.8, 4) is 0 Å². The van der Waals surface area contributed by atoms with Gasteiger partial charge in [0.25, 0.3) is 10.0 Å². The highest BCUT2D eigenvalue weighted by atomic mass is 35.5. The maximum absolute atomic E-state index is 13.0. The monoisotopic (exact) mass is 461 g/mol. The molecule has 0 N–H and O–H groups in total. The smallest absolute Gasteiger partial charge is 0.343 e. The number of nitrogens with zero attached hydrogens (tertiary/aromatic N) is 1. The van der Waals surface area contributed by atoms with Gasteiger partial charge < -0.3 is 9.47 Å². The Hall–Kier alpha value is -2.64. The van der Waals surface area contributed by atoms with Gasteiger partial charge in [0.1, 0.15) is 17.0 Å². The number of ether oxygens (including phenoxy) is 2. The van der Waals surface area contributed by atoms with Crippen molar-refractivity contribution in [2.75, 3.05) is 6.61 Å². The van der Waals surface area contributed by atoms with Gasteiger partial charge in [0.2, 0.25) is 0 Å². The van der Waals surface area contributed by atoms with Crippen molar-refractivity contribution >= 4 is 33.3 Å². The largest absolute Gasteiger partial charge is 0.483 e. The lowest BCUT2D eigenvalue weighted by atomic mass is 10.0. The zero-order valence-corrected chi connectivity index (χ0v) is 18.9. The van der Waals surface area contributed by atoms with E-state index in [1.807, 2.05) is 6.07 Å². The molecule has 0 aliphatic carbocycles. The maximum Gasteiger partial charge on any atom is 0.343 e. The molecular formula is C23H24ClNO5S. The number of halogens is 1. The summed E-state index contributed by atoms with van der Waals surface area (Å²) in [4.78, 5) is 12.8. The third-order valence-electron chi connectivity index (χ3n) is 4.77. The lowest BCUT2D eigenvalue weighted by Gasteiger charge is -2.14. The molecule has 164 valence electrons. The molecule has 1 aliphatic heterocycles. The Morgan fingerprint density at radius 1 is 1.10 bits per heavy atom. The van der Waals surface area contributed by atoms with Crippen molar-refractivity contribution in [3.05, 3.63) is 76.5 Å². The van der Waals surface area contributed by atoms with E-state index in [-0.39, 0.29) is 28.5 Å². The fourth-order valence-electron chi connectivity index (χ4n) is 3.18. The second-order valence-corrected chi connectivity index (χ2v) is 9.13. The number of carbonyl (C=O) groups excluding carboxylic acids is 1. The Morgan fingerprint density at radius 2 is 1.77 bits per heavy atom. The number of sulfonamides is 1. The van der Waals surface area contributed by atoms with Crippen LogP contribution in [-0.4, -0.2) is 26.7 Å². The molecule has 1 heterocycles. The first kappa shape index (κ1) is 23.0. The van der Waals surface area contributed by atoms with Crippen LogP contribution in [0, 0.1) is 0 Å². The Kier molecular flexibility index (Phi) is 7.51. The van der Waals surface area contributed by atoms with Crippen molar-refractivity contribution < 1.29 is 22.7 Å². The highest BCUT2D eigenvalue weighted by molar-refractivity contribution is 7.90. The molecule has 0 saturated heterocycles. The number of rotatable bonds is 8. The number of benzene rings is 2. The average molecular weight is 462 g/mol. The molecule has 1 atom stereocenters. The normalized spacial score (nSPS) is 17.6. The van der Waals surface area contributed by atoms with E-state index in [1.54, 1.807) is 31.2 Å². The first-order valence-electron chi connectivity index (χ1n) is 10.0. The first-order chi connectivity index (χ1) is 14.8. The van der Waals surface area contributed by atoms with Crippen LogP contribution in [0.1, 0.15) is 44.8 Å². The minimum atomic E-state index is -4.11. The first-order valence-corrected chi connectivity index (χ1v) is 11.9. The number of esters is 1. The van der Waals surface area contributed by atoms with Gasteiger partial charge in [0.15, 0.2) is 6.10 Å². The van der Waals surface area contributed by atoms with Crippen LogP contribution in [0.15, 0.2) is 75.2 Å². The van der Waals surface area contributed by atoms with E-state index < -0.39 is 22.1 Å². The third-order valence-corrected chi connectivity index (χ3v) is 6.33. The molecule has 1 aliphatic rings. The van der Waals surface area contributed by atoms with Crippen molar-refractivity contribution in [1.82, 2.24) is 0 Å². The topological polar surface area (TPSA) is 82.0 Å². The summed E-state index contributed by atoms with van der Waals surface area (Å²) >= 11 is 5.87. The molecule has 0 radical (unpaired) electrons. The number of allylic oxidation sites excluding steroid dienone is 1. The van der Waals surface area contributed by atoms with Crippen LogP contribution in [0.3, 0.4) is 0 Å². The second-order valence-electron chi connectivity index (χ2n) is 7.09. The molecule has 8 heteroatoms. The summed E-state index contributed by atoms with van der Waals surface area (Å²) in [6.45, 7) is 3.91. The number of carbonyl (C=O) groups is 1. The van der Waals surface area contributed by atoms with E-state index in [1.165, 1.54) is 24.3 Å². The molecular weight excluding hydrogens is 438 g/mol. The zero-order chi connectivity index (χ0) is 22.4. The molecule has 0 spiro atoms. The van der Waals surface area contributed by atoms with Gasteiger partial charge in [-0.05, 0) is 43.2 Å². The van der Waals surface area contributed by atoms with E-state index in [2.05, 4.69) is 11.3 Å². The summed E-state index contributed by atoms with van der Waals surface area (Å²) in [7, 11) is -4.11. The van der Waals surface area contributed by atoms with Gasteiger partial charge in [-0.1, -0.05) is 61.7 Å². The van der Waals surface area contributed by atoms with Gasteiger partial charge in [0, 0.05) is 5.02 Å². The predicted molar refractivity (Wildman–Crippen MR) is 120 cm³/mol. The highest BCUT2D eigenvalue weighted by Crippen LogP contribution is 2.35. The lowest BCUT2D eigenvalue weighted by Crippen LogP contribution is -2.20. The number of hydrogen-bond acceptors (Lipinski definition) is 5. The van der Waals surface area contributed by atoms with E-state index >= 15 is 0 Å². The maximum atomic E-state index is 13.0. The Labute approximate surface area is 187 Å². The Balaban J connectivity index is 2.01. The number of unbranched alkanes of at least 4 members (excludes halogenated alkanes) is 2. The summed E-state index contributed by atoms with van der Waals surface area (Å²) in [5.74, 6) is -0.364. The van der Waals surface area contributed by atoms with E-state index in [0.717, 1.165) is 19.3 Å². The van der Waals surface area contributed by atoms with Gasteiger partial charge in [-0.25, -0.2) is 4.79 Å². The van der Waals surface area contributed by atoms with Gasteiger partial charge in [-0.15, -0.1) is 0 Å². The minimum Gasteiger partial charge on any atom is -0.483 e. The predicted octanol–water partition coefficient (Wildman–Crippen LogP) is 5.25. The lowest BCUT2D eigenvalue weighted by molar-refractivity contribution is -0.138. The van der Waals surface area contributed by atoms with Crippen LogP contribution in [-0.2, 0) is 24.3 Å². The molecule has 0 bridgehead atoms. The van der Waals surface area contributed by atoms with Crippen LogP contribution < -0.4 is 0 Å². The van der Waals surface area contributed by atoms with Gasteiger partial charge in [-0.2, -0.15) is 12.8 Å². The Morgan fingerprint density at radius 3 is 2.42 bits per heavy atom. The summed E-state index contributed by atoms with van der Waals surface area (Å²) in [5, 5.41) is 0.407. The molecule has 0 amide bonds. The molecule has 2 aromatic carbocycles. The third kappa shape index (κ3) is 5.54. The molecule has 0 saturated carbocycles. The summed E-state index contributed by atoms with van der Waals surface area (Å²) in [5.41, 5.74) is 0.739. The van der Waals surface area contributed by atoms with Crippen LogP contribution in [0.25, 0.3) is 0 Å². The van der Waals surface area contributed by atoms with Crippen molar-refractivity contribution in [2.45, 2.75) is 44.1 Å². The summed E-state index contributed by atoms with van der Waals surface area (Å²) in [6.07, 6.45) is 1.82. The second kappa shape index (κ2) is 10.1. The molecule has 1 unspecified atom stereocenters. The van der Waals surface area contributed by atoms with Crippen molar-refractivity contribution in [3.63, 3.8) is 0 Å². The summed E-state index contributed by atoms with van der Waals surface area (Å²) < 4.78 is 41.3. The van der Waals surface area contributed by atoms with Crippen molar-refractivity contribution in [2.24, 2.45) is 4.40 Å². The molecule has 3 rings (SSSR count).